The minimum absolute atomic E-state index is 0.121. The molecule has 0 fully saturated rings. The van der Waals surface area contributed by atoms with E-state index in [1.54, 1.807) is 16.7 Å². The van der Waals surface area contributed by atoms with Crippen molar-refractivity contribution in [2.75, 3.05) is 6.61 Å². The Hall–Kier alpha value is -2.40. The standard InChI is InChI=1S/C17H14ClN3O2/c1-9-10(2)20-16-14(19-9)15-13(6-7-23-15)17(22)21(16)12-5-3-4-11(18)8-12/h3-5,8H,6-7H2,1-2H3. The van der Waals surface area contributed by atoms with Gasteiger partial charge in [-0.25, -0.2) is 9.97 Å². The molecule has 0 spiro atoms. The zero-order chi connectivity index (χ0) is 16.1. The molecule has 5 nitrogen and oxygen atoms in total. The third-order valence-corrected chi connectivity index (χ3v) is 4.35. The number of aromatic nitrogens is 3. The number of hydrogen-bond acceptors (Lipinski definition) is 4. The monoisotopic (exact) mass is 327 g/mol. The average molecular weight is 328 g/mol. The molecular formula is C17H14ClN3O2. The summed E-state index contributed by atoms with van der Waals surface area (Å²) in [5.74, 6) is 0.568. The molecule has 0 radical (unpaired) electrons. The highest BCUT2D eigenvalue weighted by atomic mass is 35.5. The van der Waals surface area contributed by atoms with Crippen LogP contribution in [0.3, 0.4) is 0 Å². The molecule has 23 heavy (non-hydrogen) atoms. The van der Waals surface area contributed by atoms with Crippen LogP contribution in [-0.2, 0) is 6.42 Å². The van der Waals surface area contributed by atoms with Gasteiger partial charge in [-0.2, -0.15) is 0 Å². The van der Waals surface area contributed by atoms with Crippen molar-refractivity contribution in [3.8, 4) is 11.4 Å². The molecule has 3 aromatic rings. The van der Waals surface area contributed by atoms with Crippen molar-refractivity contribution in [2.24, 2.45) is 0 Å². The second kappa shape index (κ2) is 5.06. The largest absolute Gasteiger partial charge is 0.490 e. The van der Waals surface area contributed by atoms with Crippen LogP contribution in [-0.4, -0.2) is 21.1 Å². The van der Waals surface area contributed by atoms with E-state index in [-0.39, 0.29) is 5.56 Å². The topological polar surface area (TPSA) is 57.0 Å². The predicted octanol–water partition coefficient (Wildman–Crippen LogP) is 2.99. The number of benzene rings is 1. The summed E-state index contributed by atoms with van der Waals surface area (Å²) < 4.78 is 7.24. The summed E-state index contributed by atoms with van der Waals surface area (Å²) in [6.45, 7) is 4.27. The first-order valence-corrected chi connectivity index (χ1v) is 7.75. The van der Waals surface area contributed by atoms with Gasteiger partial charge < -0.3 is 4.74 Å². The molecule has 0 aliphatic carbocycles. The first-order valence-electron chi connectivity index (χ1n) is 7.38. The molecule has 0 amide bonds. The highest BCUT2D eigenvalue weighted by Crippen LogP contribution is 2.31. The van der Waals surface area contributed by atoms with Gasteiger partial charge in [0.1, 0.15) is 5.52 Å². The van der Waals surface area contributed by atoms with E-state index < -0.39 is 0 Å². The second-order valence-electron chi connectivity index (χ2n) is 5.59. The zero-order valence-electron chi connectivity index (χ0n) is 12.8. The van der Waals surface area contributed by atoms with Crippen molar-refractivity contribution < 1.29 is 4.74 Å². The maximum Gasteiger partial charge on any atom is 0.263 e. The summed E-state index contributed by atoms with van der Waals surface area (Å²) in [5.41, 5.74) is 3.94. The second-order valence-corrected chi connectivity index (χ2v) is 6.03. The van der Waals surface area contributed by atoms with Crippen LogP contribution in [0.25, 0.3) is 16.9 Å². The van der Waals surface area contributed by atoms with Crippen LogP contribution in [0.15, 0.2) is 29.1 Å². The Labute approximate surface area is 137 Å². The Bertz CT molecular complexity index is 1010. The fourth-order valence-corrected chi connectivity index (χ4v) is 3.04. The van der Waals surface area contributed by atoms with Gasteiger partial charge in [0.15, 0.2) is 11.4 Å². The molecule has 0 atom stereocenters. The molecular weight excluding hydrogens is 314 g/mol. The molecule has 116 valence electrons. The van der Waals surface area contributed by atoms with Gasteiger partial charge in [0, 0.05) is 11.4 Å². The number of halogens is 1. The van der Waals surface area contributed by atoms with Gasteiger partial charge in [-0.05, 0) is 32.0 Å². The lowest BCUT2D eigenvalue weighted by molar-refractivity contribution is 0.359. The molecule has 0 N–H and O–H groups in total. The van der Waals surface area contributed by atoms with E-state index in [9.17, 15) is 4.79 Å². The van der Waals surface area contributed by atoms with Crippen LogP contribution in [0.4, 0.5) is 0 Å². The van der Waals surface area contributed by atoms with Crippen LogP contribution in [0.5, 0.6) is 5.75 Å². The van der Waals surface area contributed by atoms with Crippen LogP contribution in [0, 0.1) is 13.8 Å². The third kappa shape index (κ3) is 2.11. The van der Waals surface area contributed by atoms with Crippen LogP contribution >= 0.6 is 11.6 Å². The number of hydrogen-bond donors (Lipinski definition) is 0. The summed E-state index contributed by atoms with van der Waals surface area (Å²) in [4.78, 5) is 22.2. The SMILES string of the molecule is Cc1nc2c3c(c(=O)n(-c4cccc(Cl)c4)c2nc1C)CCO3. The van der Waals surface area contributed by atoms with Gasteiger partial charge in [0.05, 0.1) is 29.2 Å². The number of fused-ring (bicyclic) bond motifs is 3. The van der Waals surface area contributed by atoms with E-state index in [1.807, 2.05) is 26.0 Å². The molecule has 0 bridgehead atoms. The molecule has 6 heteroatoms. The maximum atomic E-state index is 13.0. The summed E-state index contributed by atoms with van der Waals surface area (Å²) in [6.07, 6.45) is 0.583. The average Bonchev–Trinajstić information content (AvgIpc) is 3.00. The Balaban J connectivity index is 2.19. The first-order chi connectivity index (χ1) is 11.1. The fraction of sp³-hybridized carbons (Fsp3) is 0.235. The van der Waals surface area contributed by atoms with Gasteiger partial charge in [-0.1, -0.05) is 17.7 Å². The Kier molecular flexibility index (Phi) is 3.13. The molecule has 1 aromatic carbocycles. The highest BCUT2D eigenvalue weighted by Gasteiger charge is 2.25. The zero-order valence-corrected chi connectivity index (χ0v) is 13.5. The summed E-state index contributed by atoms with van der Waals surface area (Å²) in [7, 11) is 0. The van der Waals surface area contributed by atoms with Gasteiger partial charge in [0.25, 0.3) is 5.56 Å². The summed E-state index contributed by atoms with van der Waals surface area (Å²) in [6, 6.07) is 7.18. The lowest BCUT2D eigenvalue weighted by Gasteiger charge is -2.13. The number of nitrogens with zero attached hydrogens (tertiary/aromatic N) is 3. The summed E-state index contributed by atoms with van der Waals surface area (Å²) in [5, 5.41) is 0.566. The van der Waals surface area contributed by atoms with Crippen molar-refractivity contribution in [1.29, 1.82) is 0 Å². The lowest BCUT2D eigenvalue weighted by Crippen LogP contribution is -2.23. The molecule has 3 heterocycles. The first kappa shape index (κ1) is 14.2. The fourth-order valence-electron chi connectivity index (χ4n) is 2.86. The van der Waals surface area contributed by atoms with Crippen molar-refractivity contribution in [3.63, 3.8) is 0 Å². The minimum Gasteiger partial charge on any atom is -0.490 e. The molecule has 0 saturated carbocycles. The van der Waals surface area contributed by atoms with Gasteiger partial charge in [0.2, 0.25) is 0 Å². The van der Waals surface area contributed by atoms with Crippen molar-refractivity contribution in [3.05, 3.63) is 56.6 Å². The van der Waals surface area contributed by atoms with E-state index in [4.69, 9.17) is 16.3 Å². The van der Waals surface area contributed by atoms with Gasteiger partial charge >= 0.3 is 0 Å². The number of ether oxygens (including phenoxy) is 1. The van der Waals surface area contributed by atoms with Crippen LogP contribution < -0.4 is 10.3 Å². The molecule has 0 unspecified atom stereocenters. The van der Waals surface area contributed by atoms with Crippen LogP contribution in [0.1, 0.15) is 17.0 Å². The molecule has 0 saturated heterocycles. The smallest absolute Gasteiger partial charge is 0.263 e. The Morgan fingerprint density at radius 1 is 1.22 bits per heavy atom. The molecule has 1 aliphatic heterocycles. The van der Waals surface area contributed by atoms with E-state index in [0.29, 0.717) is 46.2 Å². The Morgan fingerprint density at radius 3 is 2.78 bits per heavy atom. The number of pyridine rings is 1. The normalized spacial score (nSPS) is 13.2. The van der Waals surface area contributed by atoms with Crippen molar-refractivity contribution in [2.45, 2.75) is 20.3 Å². The lowest BCUT2D eigenvalue weighted by atomic mass is 10.2. The Morgan fingerprint density at radius 2 is 2.00 bits per heavy atom. The third-order valence-electron chi connectivity index (χ3n) is 4.12. The molecule has 4 rings (SSSR count). The van der Waals surface area contributed by atoms with Crippen molar-refractivity contribution >= 4 is 22.8 Å². The maximum absolute atomic E-state index is 13.0. The summed E-state index contributed by atoms with van der Waals surface area (Å²) >= 11 is 6.10. The van der Waals surface area contributed by atoms with Gasteiger partial charge in [-0.15, -0.1) is 0 Å². The molecule has 1 aliphatic rings. The number of aryl methyl sites for hydroxylation is 2. The molecule has 2 aromatic heterocycles. The van der Waals surface area contributed by atoms with E-state index in [0.717, 1.165) is 11.4 Å². The quantitative estimate of drug-likeness (QED) is 0.689. The van der Waals surface area contributed by atoms with Crippen LogP contribution in [0.2, 0.25) is 5.02 Å². The van der Waals surface area contributed by atoms with E-state index in [2.05, 4.69) is 9.97 Å². The van der Waals surface area contributed by atoms with Gasteiger partial charge in [-0.3, -0.25) is 9.36 Å². The highest BCUT2D eigenvalue weighted by molar-refractivity contribution is 6.30. The predicted molar refractivity (Wildman–Crippen MR) is 88.8 cm³/mol. The number of rotatable bonds is 1. The van der Waals surface area contributed by atoms with E-state index >= 15 is 0 Å². The van der Waals surface area contributed by atoms with Crippen molar-refractivity contribution in [1.82, 2.24) is 14.5 Å². The van der Waals surface area contributed by atoms with E-state index in [1.165, 1.54) is 0 Å². The minimum atomic E-state index is -0.121.